The van der Waals surface area contributed by atoms with Gasteiger partial charge in [0, 0.05) is 36.6 Å². The largest absolute Gasteiger partial charge is 0.391 e. The number of benzene rings is 2. The number of β-amino-alcohol motifs (C(OH)–C–C–N with tert-alkyl or cyclic N) is 1. The molecule has 0 radical (unpaired) electrons. The Kier molecular flexibility index (Phi) is 6.38. The molecule has 0 spiro atoms. The molecule has 2 aliphatic heterocycles. The van der Waals surface area contributed by atoms with Crippen molar-refractivity contribution < 1.29 is 24.2 Å². The third kappa shape index (κ3) is 4.90. The standard InChI is InChI=1S/C23H26N4O5/c1-15-2-4-17(5-3-15)25-23(31)27-13-19(28)12-20(27)22(30)24-16-6-8-18(9-7-16)26-10-11-32-14-21(26)29/h2-9,19-20,28H,10-14H2,1H3,(H,24,30)(H,25,31)/t19-,20+/m0/s1. The first kappa shape index (κ1) is 21.8. The maximum atomic E-state index is 12.9. The van der Waals surface area contributed by atoms with Gasteiger partial charge in [-0.05, 0) is 43.3 Å². The smallest absolute Gasteiger partial charge is 0.322 e. The number of hydrogen-bond donors (Lipinski definition) is 3. The molecule has 9 nitrogen and oxygen atoms in total. The van der Waals surface area contributed by atoms with E-state index in [1.165, 1.54) is 4.90 Å². The number of rotatable bonds is 4. The monoisotopic (exact) mass is 438 g/mol. The van der Waals surface area contributed by atoms with Gasteiger partial charge in [0.1, 0.15) is 12.6 Å². The molecular formula is C23H26N4O5. The second kappa shape index (κ2) is 9.37. The van der Waals surface area contributed by atoms with Gasteiger partial charge in [-0.2, -0.15) is 0 Å². The molecule has 0 unspecified atom stereocenters. The lowest BCUT2D eigenvalue weighted by molar-refractivity contribution is -0.125. The number of aliphatic hydroxyl groups is 1. The summed E-state index contributed by atoms with van der Waals surface area (Å²) in [6.45, 7) is 3.05. The Bertz CT molecular complexity index is 992. The highest BCUT2D eigenvalue weighted by molar-refractivity contribution is 6.00. The Hall–Kier alpha value is -3.43. The molecule has 4 amide bonds. The van der Waals surface area contributed by atoms with Crippen molar-refractivity contribution >= 4 is 34.9 Å². The molecule has 2 aromatic rings. The molecular weight excluding hydrogens is 412 g/mol. The zero-order chi connectivity index (χ0) is 22.7. The quantitative estimate of drug-likeness (QED) is 0.676. The number of amides is 4. The number of nitrogens with one attached hydrogen (secondary N) is 2. The Balaban J connectivity index is 1.40. The van der Waals surface area contributed by atoms with E-state index in [2.05, 4.69) is 10.6 Å². The molecule has 2 aromatic carbocycles. The molecule has 0 bridgehead atoms. The van der Waals surface area contributed by atoms with Gasteiger partial charge in [-0.1, -0.05) is 17.7 Å². The highest BCUT2D eigenvalue weighted by Gasteiger charge is 2.39. The number of ether oxygens (including phenoxy) is 1. The van der Waals surface area contributed by atoms with Crippen LogP contribution in [0.5, 0.6) is 0 Å². The van der Waals surface area contributed by atoms with Gasteiger partial charge in [0.2, 0.25) is 5.91 Å². The third-order valence-corrected chi connectivity index (χ3v) is 5.58. The number of aliphatic hydroxyl groups excluding tert-OH is 1. The summed E-state index contributed by atoms with van der Waals surface area (Å²) in [7, 11) is 0. The molecule has 3 N–H and O–H groups in total. The number of hydrogen-bond acceptors (Lipinski definition) is 5. The Labute approximate surface area is 186 Å². The van der Waals surface area contributed by atoms with E-state index >= 15 is 0 Å². The van der Waals surface area contributed by atoms with Crippen molar-refractivity contribution in [1.29, 1.82) is 0 Å². The zero-order valence-corrected chi connectivity index (χ0v) is 17.8. The highest BCUT2D eigenvalue weighted by atomic mass is 16.5. The fourth-order valence-corrected chi connectivity index (χ4v) is 3.86. The minimum atomic E-state index is -0.795. The number of nitrogens with zero attached hydrogens (tertiary/aromatic N) is 2. The predicted molar refractivity (Wildman–Crippen MR) is 120 cm³/mol. The van der Waals surface area contributed by atoms with Crippen molar-refractivity contribution in [3.8, 4) is 0 Å². The first-order valence-electron chi connectivity index (χ1n) is 10.5. The van der Waals surface area contributed by atoms with Crippen LogP contribution in [-0.4, -0.2) is 66.3 Å². The van der Waals surface area contributed by atoms with E-state index in [0.29, 0.717) is 24.5 Å². The van der Waals surface area contributed by atoms with Gasteiger partial charge in [-0.3, -0.25) is 9.59 Å². The summed E-state index contributed by atoms with van der Waals surface area (Å²) in [6, 6.07) is 13.0. The molecule has 0 saturated carbocycles. The maximum Gasteiger partial charge on any atom is 0.322 e. The first-order chi connectivity index (χ1) is 15.4. The van der Waals surface area contributed by atoms with E-state index in [0.717, 1.165) is 11.3 Å². The summed E-state index contributed by atoms with van der Waals surface area (Å²) in [5.74, 6) is -0.487. The summed E-state index contributed by atoms with van der Waals surface area (Å²) in [5, 5.41) is 15.7. The average Bonchev–Trinajstić information content (AvgIpc) is 3.18. The van der Waals surface area contributed by atoms with Crippen LogP contribution in [0.1, 0.15) is 12.0 Å². The zero-order valence-electron chi connectivity index (χ0n) is 17.8. The molecule has 2 atom stereocenters. The number of likely N-dealkylation sites (tertiary alicyclic amines) is 1. The molecule has 32 heavy (non-hydrogen) atoms. The van der Waals surface area contributed by atoms with Crippen molar-refractivity contribution in [2.24, 2.45) is 0 Å². The van der Waals surface area contributed by atoms with Crippen LogP contribution >= 0.6 is 0 Å². The number of urea groups is 1. The van der Waals surface area contributed by atoms with E-state index in [1.54, 1.807) is 41.3 Å². The average molecular weight is 438 g/mol. The lowest BCUT2D eigenvalue weighted by Gasteiger charge is -2.27. The lowest BCUT2D eigenvalue weighted by Crippen LogP contribution is -2.45. The van der Waals surface area contributed by atoms with Crippen LogP contribution in [0.3, 0.4) is 0 Å². The van der Waals surface area contributed by atoms with Crippen LogP contribution in [-0.2, 0) is 14.3 Å². The van der Waals surface area contributed by atoms with E-state index in [4.69, 9.17) is 4.74 Å². The van der Waals surface area contributed by atoms with E-state index < -0.39 is 18.2 Å². The van der Waals surface area contributed by atoms with Crippen LogP contribution in [0.4, 0.5) is 21.9 Å². The molecule has 2 aliphatic rings. The second-order valence-electron chi connectivity index (χ2n) is 7.99. The van der Waals surface area contributed by atoms with Crippen molar-refractivity contribution in [2.45, 2.75) is 25.5 Å². The summed E-state index contributed by atoms with van der Waals surface area (Å²) < 4.78 is 5.14. The molecule has 0 aliphatic carbocycles. The fourth-order valence-electron chi connectivity index (χ4n) is 3.86. The van der Waals surface area contributed by atoms with Crippen molar-refractivity contribution in [3.63, 3.8) is 0 Å². The van der Waals surface area contributed by atoms with Crippen LogP contribution in [0.2, 0.25) is 0 Å². The van der Waals surface area contributed by atoms with Crippen LogP contribution < -0.4 is 15.5 Å². The molecule has 2 saturated heterocycles. The number of carbonyl (C=O) groups is 3. The van der Waals surface area contributed by atoms with Crippen molar-refractivity contribution in [3.05, 3.63) is 54.1 Å². The van der Waals surface area contributed by atoms with E-state index in [9.17, 15) is 19.5 Å². The Morgan fingerprint density at radius 2 is 1.69 bits per heavy atom. The van der Waals surface area contributed by atoms with Gasteiger partial charge >= 0.3 is 6.03 Å². The highest BCUT2D eigenvalue weighted by Crippen LogP contribution is 2.23. The van der Waals surface area contributed by atoms with Crippen molar-refractivity contribution in [2.75, 3.05) is 41.8 Å². The maximum absolute atomic E-state index is 12.9. The molecule has 2 fully saturated rings. The van der Waals surface area contributed by atoms with E-state index in [1.807, 2.05) is 19.1 Å². The third-order valence-electron chi connectivity index (χ3n) is 5.58. The Morgan fingerprint density at radius 1 is 1.03 bits per heavy atom. The minimum absolute atomic E-state index is 0.0585. The normalized spacial score (nSPS) is 20.9. The summed E-state index contributed by atoms with van der Waals surface area (Å²) >= 11 is 0. The number of carbonyl (C=O) groups excluding carboxylic acids is 3. The molecule has 4 rings (SSSR count). The SMILES string of the molecule is Cc1ccc(NC(=O)N2C[C@@H](O)C[C@@H]2C(=O)Nc2ccc(N3CCOCC3=O)cc2)cc1. The second-order valence-corrected chi connectivity index (χ2v) is 7.99. The van der Waals surface area contributed by atoms with Crippen LogP contribution in [0, 0.1) is 6.92 Å². The molecule has 0 aromatic heterocycles. The topological polar surface area (TPSA) is 111 Å². The first-order valence-corrected chi connectivity index (χ1v) is 10.5. The minimum Gasteiger partial charge on any atom is -0.391 e. The summed E-state index contributed by atoms with van der Waals surface area (Å²) in [6.07, 6.45) is -0.614. The molecule has 9 heteroatoms. The van der Waals surface area contributed by atoms with Gasteiger partial charge in [-0.15, -0.1) is 0 Å². The number of anilines is 3. The van der Waals surface area contributed by atoms with Gasteiger partial charge < -0.3 is 30.3 Å². The molecule has 2 heterocycles. The van der Waals surface area contributed by atoms with Crippen LogP contribution in [0.25, 0.3) is 0 Å². The van der Waals surface area contributed by atoms with Gasteiger partial charge in [0.15, 0.2) is 0 Å². The van der Waals surface area contributed by atoms with Gasteiger partial charge in [0.25, 0.3) is 5.91 Å². The van der Waals surface area contributed by atoms with Gasteiger partial charge in [0.05, 0.1) is 12.7 Å². The predicted octanol–water partition coefficient (Wildman–Crippen LogP) is 1.96. The Morgan fingerprint density at radius 3 is 2.38 bits per heavy atom. The van der Waals surface area contributed by atoms with E-state index in [-0.39, 0.29) is 31.4 Å². The summed E-state index contributed by atoms with van der Waals surface area (Å²) in [4.78, 5) is 40.6. The summed E-state index contributed by atoms with van der Waals surface area (Å²) in [5.41, 5.74) is 2.96. The van der Waals surface area contributed by atoms with Crippen molar-refractivity contribution in [1.82, 2.24) is 4.90 Å². The molecule has 168 valence electrons. The van der Waals surface area contributed by atoms with Crippen LogP contribution in [0.15, 0.2) is 48.5 Å². The number of morpholine rings is 1. The number of aryl methyl sites for hydroxylation is 1. The van der Waals surface area contributed by atoms with Gasteiger partial charge in [-0.25, -0.2) is 4.79 Å². The fraction of sp³-hybridized carbons (Fsp3) is 0.348. The lowest BCUT2D eigenvalue weighted by atomic mass is 10.1.